The van der Waals surface area contributed by atoms with E-state index in [0.717, 1.165) is 16.8 Å². The molecule has 0 amide bonds. The standard InChI is InChI=1S/C23H21FN4O/c1-23(2)12-17-19(18(29)13-23)20(14-8-10-16(24)11-9-14)28-22(25-17)26-21(27-28)15-6-4-3-5-7-15/h3-12,19-20H,13H2,1-2H3,(H,25,26,27). The van der Waals surface area contributed by atoms with Crippen molar-refractivity contribution in [3.63, 3.8) is 0 Å². The van der Waals surface area contributed by atoms with E-state index in [4.69, 9.17) is 10.1 Å². The molecule has 2 aliphatic rings. The highest BCUT2D eigenvalue weighted by atomic mass is 19.1. The maximum atomic E-state index is 13.6. The normalized spacial score (nSPS) is 22.3. The maximum Gasteiger partial charge on any atom is 0.226 e. The average Bonchev–Trinajstić information content (AvgIpc) is 3.10. The zero-order valence-corrected chi connectivity index (χ0v) is 16.3. The van der Waals surface area contributed by atoms with Crippen LogP contribution in [-0.2, 0) is 4.79 Å². The van der Waals surface area contributed by atoms with Gasteiger partial charge in [0.15, 0.2) is 5.82 Å². The van der Waals surface area contributed by atoms with Crippen molar-refractivity contribution in [3.8, 4) is 11.4 Å². The Kier molecular flexibility index (Phi) is 3.91. The lowest BCUT2D eigenvalue weighted by atomic mass is 9.72. The summed E-state index contributed by atoms with van der Waals surface area (Å²) in [4.78, 5) is 17.9. The van der Waals surface area contributed by atoms with Gasteiger partial charge in [0.25, 0.3) is 0 Å². The first kappa shape index (κ1) is 17.8. The highest BCUT2D eigenvalue weighted by molar-refractivity contribution is 5.88. The third-order valence-electron chi connectivity index (χ3n) is 5.57. The van der Waals surface area contributed by atoms with Crippen molar-refractivity contribution in [2.75, 3.05) is 5.32 Å². The van der Waals surface area contributed by atoms with Crippen LogP contribution in [0.3, 0.4) is 0 Å². The summed E-state index contributed by atoms with van der Waals surface area (Å²) in [6.07, 6.45) is 2.58. The molecule has 2 heterocycles. The zero-order valence-electron chi connectivity index (χ0n) is 16.3. The Morgan fingerprint density at radius 1 is 1.10 bits per heavy atom. The minimum absolute atomic E-state index is 0.150. The quantitative estimate of drug-likeness (QED) is 0.697. The number of ketones is 1. The third-order valence-corrected chi connectivity index (χ3v) is 5.57. The summed E-state index contributed by atoms with van der Waals surface area (Å²) in [5.41, 5.74) is 2.36. The number of halogens is 1. The van der Waals surface area contributed by atoms with E-state index in [9.17, 15) is 9.18 Å². The van der Waals surface area contributed by atoms with Gasteiger partial charge < -0.3 is 5.32 Å². The predicted molar refractivity (Wildman–Crippen MR) is 109 cm³/mol. The SMILES string of the molecule is CC1(C)C=C2Nc3nc(-c4ccccc4)nn3C(c3ccc(F)cc3)C2C(=O)C1. The van der Waals surface area contributed by atoms with E-state index in [1.807, 2.05) is 30.3 Å². The molecule has 2 unspecified atom stereocenters. The van der Waals surface area contributed by atoms with Gasteiger partial charge in [0.1, 0.15) is 11.6 Å². The van der Waals surface area contributed by atoms with Crippen molar-refractivity contribution in [3.05, 3.63) is 77.8 Å². The van der Waals surface area contributed by atoms with Crippen molar-refractivity contribution in [1.82, 2.24) is 14.8 Å². The lowest BCUT2D eigenvalue weighted by molar-refractivity contribution is -0.125. The zero-order chi connectivity index (χ0) is 20.2. The molecule has 0 saturated heterocycles. The van der Waals surface area contributed by atoms with E-state index < -0.39 is 5.92 Å². The van der Waals surface area contributed by atoms with Crippen molar-refractivity contribution >= 4 is 11.7 Å². The summed E-state index contributed by atoms with van der Waals surface area (Å²) in [5.74, 6) is 0.624. The number of rotatable bonds is 2. The predicted octanol–water partition coefficient (Wildman–Crippen LogP) is 4.60. The number of hydrogen-bond acceptors (Lipinski definition) is 4. The van der Waals surface area contributed by atoms with Crippen LogP contribution in [0.25, 0.3) is 11.4 Å². The van der Waals surface area contributed by atoms with Crippen molar-refractivity contribution in [2.24, 2.45) is 11.3 Å². The number of anilines is 1. The number of benzene rings is 2. The molecule has 0 bridgehead atoms. The molecule has 0 saturated carbocycles. The number of nitrogens with zero attached hydrogens (tertiary/aromatic N) is 3. The van der Waals surface area contributed by atoms with Gasteiger partial charge in [0.05, 0.1) is 12.0 Å². The maximum absolute atomic E-state index is 13.6. The van der Waals surface area contributed by atoms with Crippen molar-refractivity contribution in [2.45, 2.75) is 26.3 Å². The lowest BCUT2D eigenvalue weighted by Crippen LogP contribution is -2.42. The van der Waals surface area contributed by atoms with Gasteiger partial charge in [0.2, 0.25) is 5.95 Å². The van der Waals surface area contributed by atoms with Crippen LogP contribution in [0, 0.1) is 17.2 Å². The van der Waals surface area contributed by atoms with E-state index in [1.165, 1.54) is 12.1 Å². The molecule has 0 radical (unpaired) electrons. The van der Waals surface area contributed by atoms with Gasteiger partial charge in [-0.05, 0) is 23.1 Å². The third kappa shape index (κ3) is 3.05. The molecule has 6 heteroatoms. The largest absolute Gasteiger partial charge is 0.328 e. The van der Waals surface area contributed by atoms with Crippen LogP contribution in [-0.4, -0.2) is 20.5 Å². The Labute approximate surface area is 168 Å². The summed E-state index contributed by atoms with van der Waals surface area (Å²) in [5, 5.41) is 8.07. The van der Waals surface area contributed by atoms with Crippen LogP contribution in [0.2, 0.25) is 0 Å². The van der Waals surface area contributed by atoms with E-state index in [2.05, 4.69) is 25.2 Å². The highest BCUT2D eigenvalue weighted by Gasteiger charge is 2.45. The minimum Gasteiger partial charge on any atom is -0.328 e. The Morgan fingerprint density at radius 2 is 1.83 bits per heavy atom. The number of aromatic nitrogens is 3. The molecule has 5 nitrogen and oxygen atoms in total. The van der Waals surface area contributed by atoms with E-state index in [1.54, 1.807) is 16.8 Å². The average molecular weight is 388 g/mol. The molecule has 1 aliphatic carbocycles. The van der Waals surface area contributed by atoms with Crippen LogP contribution in [0.4, 0.5) is 10.3 Å². The number of carbonyl (C=O) groups excluding carboxylic acids is 1. The Bertz CT molecular complexity index is 1120. The molecule has 1 aromatic heterocycles. The Morgan fingerprint density at radius 3 is 2.55 bits per heavy atom. The fourth-order valence-electron chi connectivity index (χ4n) is 4.33. The second-order valence-corrected chi connectivity index (χ2v) is 8.40. The van der Waals surface area contributed by atoms with Gasteiger partial charge in [-0.25, -0.2) is 9.07 Å². The highest BCUT2D eigenvalue weighted by Crippen LogP contribution is 2.45. The Hall–Kier alpha value is -3.28. The summed E-state index contributed by atoms with van der Waals surface area (Å²) in [6.45, 7) is 4.11. The fraction of sp³-hybridized carbons (Fsp3) is 0.261. The molecule has 2 aromatic carbocycles. The molecule has 146 valence electrons. The summed E-state index contributed by atoms with van der Waals surface area (Å²) < 4.78 is 15.3. The second-order valence-electron chi connectivity index (χ2n) is 8.40. The van der Waals surface area contributed by atoms with Crippen LogP contribution in [0.1, 0.15) is 31.9 Å². The number of fused-ring (bicyclic) bond motifs is 2. The lowest BCUT2D eigenvalue weighted by Gasteiger charge is -2.40. The second kappa shape index (κ2) is 6.37. The van der Waals surface area contributed by atoms with E-state index in [-0.39, 0.29) is 23.1 Å². The molecule has 29 heavy (non-hydrogen) atoms. The number of carbonyl (C=O) groups is 1. The first-order valence-corrected chi connectivity index (χ1v) is 9.71. The Balaban J connectivity index is 1.70. The van der Waals surface area contributed by atoms with Gasteiger partial charge >= 0.3 is 0 Å². The molecule has 3 aromatic rings. The van der Waals surface area contributed by atoms with E-state index in [0.29, 0.717) is 18.2 Å². The van der Waals surface area contributed by atoms with Gasteiger partial charge in [0, 0.05) is 17.7 Å². The summed E-state index contributed by atoms with van der Waals surface area (Å²) >= 11 is 0. The molecule has 0 spiro atoms. The van der Waals surface area contributed by atoms with Crippen molar-refractivity contribution < 1.29 is 9.18 Å². The molecule has 5 rings (SSSR count). The smallest absolute Gasteiger partial charge is 0.226 e. The van der Waals surface area contributed by atoms with Gasteiger partial charge in [-0.3, -0.25) is 4.79 Å². The monoisotopic (exact) mass is 388 g/mol. The molecular weight excluding hydrogens is 367 g/mol. The first-order valence-electron chi connectivity index (χ1n) is 9.71. The van der Waals surface area contributed by atoms with Gasteiger partial charge in [-0.1, -0.05) is 62.4 Å². The molecule has 0 fully saturated rings. The van der Waals surface area contributed by atoms with Gasteiger partial charge in [-0.2, -0.15) is 4.98 Å². The number of nitrogens with one attached hydrogen (secondary N) is 1. The summed E-state index contributed by atoms with van der Waals surface area (Å²) in [6, 6.07) is 15.7. The number of hydrogen-bond donors (Lipinski definition) is 1. The molecular formula is C23H21FN4O. The van der Waals surface area contributed by atoms with Crippen LogP contribution < -0.4 is 5.32 Å². The molecule has 1 aliphatic heterocycles. The molecule has 1 N–H and O–H groups in total. The number of allylic oxidation sites excluding steroid dienone is 2. The van der Waals surface area contributed by atoms with E-state index >= 15 is 0 Å². The van der Waals surface area contributed by atoms with Crippen LogP contribution in [0.5, 0.6) is 0 Å². The van der Waals surface area contributed by atoms with Crippen molar-refractivity contribution in [1.29, 1.82) is 0 Å². The summed E-state index contributed by atoms with van der Waals surface area (Å²) in [7, 11) is 0. The minimum atomic E-state index is -0.397. The number of Topliss-reactive ketones (excluding diaryl/α,β-unsaturated/α-hetero) is 1. The van der Waals surface area contributed by atoms with Gasteiger partial charge in [-0.15, -0.1) is 5.10 Å². The molecule has 2 atom stereocenters. The van der Waals surface area contributed by atoms with Crippen LogP contribution in [0.15, 0.2) is 66.4 Å². The fourth-order valence-corrected chi connectivity index (χ4v) is 4.33. The van der Waals surface area contributed by atoms with Crippen LogP contribution >= 0.6 is 0 Å². The topological polar surface area (TPSA) is 59.8 Å². The first-order chi connectivity index (χ1) is 13.9.